The first-order valence-corrected chi connectivity index (χ1v) is 4.66. The smallest absolute Gasteiger partial charge is 0.0570 e. The zero-order valence-corrected chi connectivity index (χ0v) is 7.48. The third kappa shape index (κ3) is 2.26. The van der Waals surface area contributed by atoms with Gasteiger partial charge in [0.2, 0.25) is 0 Å². The van der Waals surface area contributed by atoms with Crippen molar-refractivity contribution in [1.82, 2.24) is 10.3 Å². The lowest BCUT2D eigenvalue weighted by Gasteiger charge is -2.32. The molecule has 3 nitrogen and oxygen atoms in total. The lowest BCUT2D eigenvalue weighted by atomic mass is 9.89. The van der Waals surface area contributed by atoms with Gasteiger partial charge in [0.1, 0.15) is 0 Å². The van der Waals surface area contributed by atoms with Gasteiger partial charge in [-0.1, -0.05) is 6.07 Å². The predicted molar refractivity (Wildman–Crippen MR) is 50.1 cm³/mol. The molecule has 1 saturated carbocycles. The number of nitrogens with one attached hydrogen (secondary N) is 1. The molecule has 0 aliphatic heterocycles. The lowest BCUT2D eigenvalue weighted by Crippen LogP contribution is -2.43. The summed E-state index contributed by atoms with van der Waals surface area (Å²) in [7, 11) is 0. The van der Waals surface area contributed by atoms with E-state index in [0.29, 0.717) is 6.04 Å². The van der Waals surface area contributed by atoms with E-state index in [-0.39, 0.29) is 6.10 Å². The maximum Gasteiger partial charge on any atom is 0.0570 e. The van der Waals surface area contributed by atoms with E-state index in [2.05, 4.69) is 10.3 Å². The minimum absolute atomic E-state index is 0.0822. The fourth-order valence-corrected chi connectivity index (χ4v) is 1.51. The summed E-state index contributed by atoms with van der Waals surface area (Å²) in [6.07, 6.45) is 3.48. The molecule has 0 saturated heterocycles. The van der Waals surface area contributed by atoms with Crippen LogP contribution < -0.4 is 5.32 Å². The maximum atomic E-state index is 9.06. The number of hydrogen-bond acceptors (Lipinski definition) is 3. The van der Waals surface area contributed by atoms with Crippen LogP contribution >= 0.6 is 0 Å². The summed E-state index contributed by atoms with van der Waals surface area (Å²) >= 11 is 0. The molecule has 0 spiro atoms. The van der Waals surface area contributed by atoms with Crippen LogP contribution in [0.15, 0.2) is 24.4 Å². The zero-order valence-electron chi connectivity index (χ0n) is 7.48. The van der Waals surface area contributed by atoms with Crippen molar-refractivity contribution in [2.24, 2.45) is 0 Å². The molecule has 0 aromatic carbocycles. The van der Waals surface area contributed by atoms with Crippen molar-refractivity contribution in [3.63, 3.8) is 0 Å². The highest BCUT2D eigenvalue weighted by Gasteiger charge is 2.26. The molecule has 0 radical (unpaired) electrons. The predicted octanol–water partition coefficient (Wildman–Crippen LogP) is 0.694. The Kier molecular flexibility index (Phi) is 2.57. The molecule has 0 atom stereocenters. The molecule has 1 fully saturated rings. The summed E-state index contributed by atoms with van der Waals surface area (Å²) in [5.41, 5.74) is 1.06. The molecule has 2 N–H and O–H groups in total. The molecule has 3 heteroatoms. The van der Waals surface area contributed by atoms with E-state index < -0.39 is 0 Å². The van der Waals surface area contributed by atoms with E-state index in [9.17, 15) is 0 Å². The Balaban J connectivity index is 1.74. The molecule has 0 amide bonds. The molecule has 1 aromatic rings. The number of hydrogen-bond donors (Lipinski definition) is 2. The van der Waals surface area contributed by atoms with Crippen LogP contribution in [-0.2, 0) is 6.54 Å². The molecule has 1 aliphatic rings. The molecule has 0 bridgehead atoms. The first-order chi connectivity index (χ1) is 6.34. The minimum atomic E-state index is -0.0822. The van der Waals surface area contributed by atoms with Crippen LogP contribution in [0.4, 0.5) is 0 Å². The van der Waals surface area contributed by atoms with Crippen molar-refractivity contribution in [2.45, 2.75) is 31.5 Å². The Labute approximate surface area is 77.8 Å². The molecule has 1 heterocycles. The number of rotatable bonds is 3. The van der Waals surface area contributed by atoms with E-state index >= 15 is 0 Å². The fraction of sp³-hybridized carbons (Fsp3) is 0.500. The summed E-state index contributed by atoms with van der Waals surface area (Å²) in [6, 6.07) is 6.38. The van der Waals surface area contributed by atoms with Gasteiger partial charge in [0.25, 0.3) is 0 Å². The quantitative estimate of drug-likeness (QED) is 0.716. The molecule has 1 aliphatic carbocycles. The number of aromatic nitrogens is 1. The van der Waals surface area contributed by atoms with Crippen molar-refractivity contribution in [1.29, 1.82) is 0 Å². The average Bonchev–Trinajstić information content (AvgIpc) is 2.12. The largest absolute Gasteiger partial charge is 0.393 e. The van der Waals surface area contributed by atoms with Crippen LogP contribution in [0.25, 0.3) is 0 Å². The maximum absolute atomic E-state index is 9.06. The van der Waals surface area contributed by atoms with Gasteiger partial charge in [-0.05, 0) is 25.0 Å². The highest BCUT2D eigenvalue weighted by Crippen LogP contribution is 2.19. The van der Waals surface area contributed by atoms with Crippen LogP contribution in [-0.4, -0.2) is 22.2 Å². The van der Waals surface area contributed by atoms with Gasteiger partial charge in [-0.25, -0.2) is 0 Å². The monoisotopic (exact) mass is 178 g/mol. The van der Waals surface area contributed by atoms with Gasteiger partial charge in [0, 0.05) is 18.8 Å². The highest BCUT2D eigenvalue weighted by molar-refractivity contribution is 5.03. The molecule has 1 aromatic heterocycles. The van der Waals surface area contributed by atoms with Crippen molar-refractivity contribution >= 4 is 0 Å². The van der Waals surface area contributed by atoms with E-state index in [1.165, 1.54) is 0 Å². The van der Waals surface area contributed by atoms with Gasteiger partial charge >= 0.3 is 0 Å². The third-order valence-electron chi connectivity index (χ3n) is 2.41. The van der Waals surface area contributed by atoms with Crippen molar-refractivity contribution in [3.8, 4) is 0 Å². The van der Waals surface area contributed by atoms with Crippen LogP contribution in [0.3, 0.4) is 0 Å². The number of nitrogens with zero attached hydrogens (tertiary/aromatic N) is 1. The van der Waals surface area contributed by atoms with Gasteiger partial charge in [0.15, 0.2) is 0 Å². The van der Waals surface area contributed by atoms with Crippen LogP contribution in [0.5, 0.6) is 0 Å². The second kappa shape index (κ2) is 3.85. The highest BCUT2D eigenvalue weighted by atomic mass is 16.3. The molecule has 70 valence electrons. The van der Waals surface area contributed by atoms with Gasteiger partial charge in [-0.3, -0.25) is 4.98 Å². The number of pyridine rings is 1. The van der Waals surface area contributed by atoms with Gasteiger partial charge in [-0.15, -0.1) is 0 Å². The molecular formula is C10H14N2O. The SMILES string of the molecule is OC1CC(NCc2ccccn2)C1. The fourth-order valence-electron chi connectivity index (χ4n) is 1.51. The standard InChI is InChI=1S/C10H14N2O/c13-10-5-9(6-10)12-7-8-3-1-2-4-11-8/h1-4,9-10,12-13H,5-7H2. The Morgan fingerprint density at radius 1 is 1.46 bits per heavy atom. The Bertz CT molecular complexity index is 257. The third-order valence-corrected chi connectivity index (χ3v) is 2.41. The van der Waals surface area contributed by atoms with Gasteiger partial charge in [0.05, 0.1) is 11.8 Å². The first-order valence-electron chi connectivity index (χ1n) is 4.66. The second-order valence-corrected chi connectivity index (χ2v) is 3.52. The van der Waals surface area contributed by atoms with Crippen molar-refractivity contribution in [2.75, 3.05) is 0 Å². The molecule has 13 heavy (non-hydrogen) atoms. The van der Waals surface area contributed by atoms with Crippen molar-refractivity contribution < 1.29 is 5.11 Å². The molecule has 0 unspecified atom stereocenters. The van der Waals surface area contributed by atoms with Crippen LogP contribution in [0, 0.1) is 0 Å². The Morgan fingerprint density at radius 2 is 2.31 bits per heavy atom. The summed E-state index contributed by atoms with van der Waals surface area (Å²) in [5, 5.41) is 12.4. The lowest BCUT2D eigenvalue weighted by molar-refractivity contribution is 0.0618. The van der Waals surface area contributed by atoms with Gasteiger partial charge in [-0.2, -0.15) is 0 Å². The summed E-state index contributed by atoms with van der Waals surface area (Å²) in [5.74, 6) is 0. The summed E-state index contributed by atoms with van der Waals surface area (Å²) in [4.78, 5) is 4.20. The van der Waals surface area contributed by atoms with Crippen LogP contribution in [0.1, 0.15) is 18.5 Å². The van der Waals surface area contributed by atoms with Crippen LogP contribution in [0.2, 0.25) is 0 Å². The van der Waals surface area contributed by atoms with E-state index in [4.69, 9.17) is 5.11 Å². The van der Waals surface area contributed by atoms with E-state index in [1.54, 1.807) is 6.20 Å². The number of aliphatic hydroxyl groups is 1. The summed E-state index contributed by atoms with van der Waals surface area (Å²) in [6.45, 7) is 0.804. The minimum Gasteiger partial charge on any atom is -0.393 e. The average molecular weight is 178 g/mol. The molecular weight excluding hydrogens is 164 g/mol. The Hall–Kier alpha value is -0.930. The Morgan fingerprint density at radius 3 is 2.92 bits per heavy atom. The normalized spacial score (nSPS) is 26.8. The second-order valence-electron chi connectivity index (χ2n) is 3.52. The van der Waals surface area contributed by atoms with E-state index in [1.807, 2.05) is 18.2 Å². The first kappa shape index (κ1) is 8.66. The zero-order chi connectivity index (χ0) is 9.10. The molecule has 2 rings (SSSR count). The van der Waals surface area contributed by atoms with Gasteiger partial charge < -0.3 is 10.4 Å². The topological polar surface area (TPSA) is 45.1 Å². The number of aliphatic hydroxyl groups excluding tert-OH is 1. The summed E-state index contributed by atoms with van der Waals surface area (Å²) < 4.78 is 0. The van der Waals surface area contributed by atoms with E-state index in [0.717, 1.165) is 25.1 Å². The van der Waals surface area contributed by atoms with Crippen molar-refractivity contribution in [3.05, 3.63) is 30.1 Å².